The zero-order valence-corrected chi connectivity index (χ0v) is 18.6. The van der Waals surface area contributed by atoms with Gasteiger partial charge < -0.3 is 4.74 Å². The molecule has 0 bridgehead atoms. The first kappa shape index (κ1) is 21.5. The predicted octanol–water partition coefficient (Wildman–Crippen LogP) is 5.51. The highest BCUT2D eigenvalue weighted by Gasteiger charge is 2.09. The molecule has 6 heteroatoms. The second kappa shape index (κ2) is 10.0. The predicted molar refractivity (Wildman–Crippen MR) is 129 cm³/mol. The summed E-state index contributed by atoms with van der Waals surface area (Å²) in [6.45, 7) is 0. The molecule has 0 atom stereocenters. The van der Waals surface area contributed by atoms with Crippen molar-refractivity contribution in [1.82, 2.24) is 5.43 Å². The summed E-state index contributed by atoms with van der Waals surface area (Å²) in [5.41, 5.74) is 4.63. The number of amides is 1. The van der Waals surface area contributed by atoms with Crippen LogP contribution in [0.25, 0.3) is 10.8 Å². The lowest BCUT2D eigenvalue weighted by molar-refractivity contribution is -0.120. The van der Waals surface area contributed by atoms with E-state index in [0.717, 1.165) is 20.8 Å². The van der Waals surface area contributed by atoms with Crippen molar-refractivity contribution in [2.45, 2.75) is 6.42 Å². The number of hydrogen-bond acceptors (Lipinski definition) is 4. The fourth-order valence-electron chi connectivity index (χ4n) is 3.28. The number of rotatable bonds is 6. The van der Waals surface area contributed by atoms with E-state index in [4.69, 9.17) is 4.74 Å². The number of hydrogen-bond donors (Lipinski definition) is 1. The normalized spacial score (nSPS) is 10.9. The van der Waals surface area contributed by atoms with E-state index in [2.05, 4.69) is 26.5 Å². The first-order valence-corrected chi connectivity index (χ1v) is 10.7. The van der Waals surface area contributed by atoms with Crippen LogP contribution in [0.1, 0.15) is 21.5 Å². The summed E-state index contributed by atoms with van der Waals surface area (Å²) in [7, 11) is 0. The first-order chi connectivity index (χ1) is 15.6. The lowest BCUT2D eigenvalue weighted by Crippen LogP contribution is -2.19. The van der Waals surface area contributed by atoms with Gasteiger partial charge in [-0.3, -0.25) is 4.79 Å². The molecule has 0 aromatic heterocycles. The van der Waals surface area contributed by atoms with Gasteiger partial charge in [-0.1, -0.05) is 76.6 Å². The Morgan fingerprint density at radius 1 is 0.906 bits per heavy atom. The second-order valence-corrected chi connectivity index (χ2v) is 8.00. The van der Waals surface area contributed by atoms with Gasteiger partial charge in [-0.15, -0.1) is 0 Å². The average Bonchev–Trinajstić information content (AvgIpc) is 2.79. The van der Waals surface area contributed by atoms with Crippen molar-refractivity contribution in [3.63, 3.8) is 0 Å². The van der Waals surface area contributed by atoms with Crippen molar-refractivity contribution in [1.29, 1.82) is 0 Å². The summed E-state index contributed by atoms with van der Waals surface area (Å²) in [6.07, 6.45) is 1.74. The third-order valence-corrected chi connectivity index (χ3v) is 5.26. The minimum Gasteiger partial charge on any atom is -0.423 e. The maximum atomic E-state index is 12.3. The summed E-state index contributed by atoms with van der Waals surface area (Å²) in [5.74, 6) is -0.278. The number of esters is 1. The van der Waals surface area contributed by atoms with E-state index in [0.29, 0.717) is 16.9 Å². The molecule has 0 heterocycles. The third-order valence-electron chi connectivity index (χ3n) is 4.76. The fraction of sp³-hybridized carbons (Fsp3) is 0.0385. The Morgan fingerprint density at radius 3 is 2.56 bits per heavy atom. The molecule has 0 spiro atoms. The van der Waals surface area contributed by atoms with E-state index < -0.39 is 5.97 Å². The molecule has 32 heavy (non-hydrogen) atoms. The summed E-state index contributed by atoms with van der Waals surface area (Å²) >= 11 is 3.34. The molecular formula is C26H19BrN2O3. The molecule has 5 nitrogen and oxygen atoms in total. The summed E-state index contributed by atoms with van der Waals surface area (Å²) in [4.78, 5) is 24.7. The highest BCUT2D eigenvalue weighted by molar-refractivity contribution is 9.10. The molecule has 0 unspecified atom stereocenters. The van der Waals surface area contributed by atoms with E-state index in [-0.39, 0.29) is 12.3 Å². The van der Waals surface area contributed by atoms with E-state index in [1.807, 2.05) is 48.5 Å². The van der Waals surface area contributed by atoms with Crippen LogP contribution in [-0.2, 0) is 11.2 Å². The van der Waals surface area contributed by atoms with Gasteiger partial charge in [0, 0.05) is 4.47 Å². The highest BCUT2D eigenvalue weighted by Crippen LogP contribution is 2.19. The van der Waals surface area contributed by atoms with Crippen LogP contribution < -0.4 is 10.2 Å². The van der Waals surface area contributed by atoms with Crippen LogP contribution in [0.5, 0.6) is 5.75 Å². The van der Waals surface area contributed by atoms with Gasteiger partial charge in [-0.2, -0.15) is 5.10 Å². The van der Waals surface area contributed by atoms with Crippen molar-refractivity contribution in [3.05, 3.63) is 112 Å². The smallest absolute Gasteiger partial charge is 0.343 e. The lowest BCUT2D eigenvalue weighted by Gasteiger charge is -2.06. The van der Waals surface area contributed by atoms with Gasteiger partial charge in [0.2, 0.25) is 5.91 Å². The molecular weight excluding hydrogens is 468 g/mol. The maximum absolute atomic E-state index is 12.3. The number of fused-ring (bicyclic) bond motifs is 1. The Bertz CT molecular complexity index is 1310. The van der Waals surface area contributed by atoms with Gasteiger partial charge in [0.05, 0.1) is 18.2 Å². The third kappa shape index (κ3) is 5.47. The molecule has 1 N–H and O–H groups in total. The van der Waals surface area contributed by atoms with Gasteiger partial charge in [0.1, 0.15) is 5.75 Å². The van der Waals surface area contributed by atoms with E-state index >= 15 is 0 Å². The maximum Gasteiger partial charge on any atom is 0.343 e. The molecule has 4 rings (SSSR count). The zero-order chi connectivity index (χ0) is 22.3. The molecule has 0 fully saturated rings. The quantitative estimate of drug-likeness (QED) is 0.169. The minimum atomic E-state index is -0.455. The Kier molecular flexibility index (Phi) is 6.72. The highest BCUT2D eigenvalue weighted by atomic mass is 79.9. The number of benzene rings is 4. The first-order valence-electron chi connectivity index (χ1n) is 9.95. The number of nitrogens with one attached hydrogen (secondary N) is 1. The van der Waals surface area contributed by atoms with Crippen LogP contribution in [0, 0.1) is 0 Å². The Labute approximate surface area is 193 Å². The largest absolute Gasteiger partial charge is 0.423 e. The lowest BCUT2D eigenvalue weighted by atomic mass is 10.0. The van der Waals surface area contributed by atoms with Crippen molar-refractivity contribution in [2.24, 2.45) is 5.10 Å². The molecule has 0 aliphatic carbocycles. The molecule has 4 aromatic rings. The number of carbonyl (C=O) groups is 2. The van der Waals surface area contributed by atoms with Crippen LogP contribution in [0.2, 0.25) is 0 Å². The van der Waals surface area contributed by atoms with Crippen molar-refractivity contribution in [2.75, 3.05) is 0 Å². The number of nitrogens with zero attached hydrogens (tertiary/aromatic N) is 1. The number of ether oxygens (including phenoxy) is 1. The molecule has 1 amide bonds. The summed E-state index contributed by atoms with van der Waals surface area (Å²) in [5, 5.41) is 6.18. The fourth-order valence-corrected chi connectivity index (χ4v) is 3.68. The van der Waals surface area contributed by atoms with Gasteiger partial charge in [0.25, 0.3) is 0 Å². The number of halogens is 1. The number of carbonyl (C=O) groups excluding carboxylic acids is 2. The number of hydrazone groups is 1. The topological polar surface area (TPSA) is 67.8 Å². The molecule has 4 aromatic carbocycles. The van der Waals surface area contributed by atoms with Crippen molar-refractivity contribution >= 4 is 44.8 Å². The SMILES string of the molecule is O=C(Cc1cccc2ccccc12)N/N=C\c1cccc(OC(=O)c2cccc(Br)c2)c1. The molecule has 0 aliphatic rings. The molecule has 0 aliphatic heterocycles. The molecule has 0 saturated heterocycles. The van der Waals surface area contributed by atoms with Crippen molar-refractivity contribution in [3.8, 4) is 5.75 Å². The van der Waals surface area contributed by atoms with E-state index in [1.165, 1.54) is 6.21 Å². The van der Waals surface area contributed by atoms with Crippen LogP contribution in [-0.4, -0.2) is 18.1 Å². The van der Waals surface area contributed by atoms with Gasteiger partial charge in [-0.05, 0) is 52.2 Å². The van der Waals surface area contributed by atoms with E-state index in [9.17, 15) is 9.59 Å². The summed E-state index contributed by atoms with van der Waals surface area (Å²) in [6, 6.07) is 27.7. The van der Waals surface area contributed by atoms with Crippen LogP contribution in [0.4, 0.5) is 0 Å². The van der Waals surface area contributed by atoms with Crippen LogP contribution in [0.3, 0.4) is 0 Å². The minimum absolute atomic E-state index is 0.213. The molecule has 0 radical (unpaired) electrons. The molecule has 0 saturated carbocycles. The second-order valence-electron chi connectivity index (χ2n) is 7.08. The van der Waals surface area contributed by atoms with Crippen LogP contribution >= 0.6 is 15.9 Å². The van der Waals surface area contributed by atoms with Gasteiger partial charge in [-0.25, -0.2) is 10.2 Å². The van der Waals surface area contributed by atoms with E-state index in [1.54, 1.807) is 42.5 Å². The standard InChI is InChI=1S/C26H19BrN2O3/c27-22-11-5-10-21(15-22)26(31)32-23-12-3-6-18(14-23)17-28-29-25(30)16-20-9-4-8-19-7-1-2-13-24(19)20/h1-15,17H,16H2,(H,29,30)/b28-17-. The monoisotopic (exact) mass is 486 g/mol. The Balaban J connectivity index is 1.37. The molecule has 158 valence electrons. The van der Waals surface area contributed by atoms with Crippen molar-refractivity contribution < 1.29 is 14.3 Å². The Morgan fingerprint density at radius 2 is 1.69 bits per heavy atom. The van der Waals surface area contributed by atoms with Gasteiger partial charge >= 0.3 is 5.97 Å². The van der Waals surface area contributed by atoms with Crippen LogP contribution in [0.15, 0.2) is 101 Å². The zero-order valence-electron chi connectivity index (χ0n) is 17.0. The Hall–Kier alpha value is -3.77. The summed E-state index contributed by atoms with van der Waals surface area (Å²) < 4.78 is 6.23. The average molecular weight is 487 g/mol. The van der Waals surface area contributed by atoms with Gasteiger partial charge in [0.15, 0.2) is 0 Å².